The number of carbonyl (C=O) groups excluding carboxylic acids is 1. The quantitative estimate of drug-likeness (QED) is 0.357. The van der Waals surface area contributed by atoms with Gasteiger partial charge in [-0.2, -0.15) is 0 Å². The normalized spacial score (nSPS) is 11.4. The van der Waals surface area contributed by atoms with Crippen LogP contribution >= 0.6 is 22.9 Å². The maximum absolute atomic E-state index is 13.3. The summed E-state index contributed by atoms with van der Waals surface area (Å²) < 4.78 is 49.4. The van der Waals surface area contributed by atoms with Gasteiger partial charge < -0.3 is 23.8 Å². The number of carbonyl (C=O) groups is 1. The van der Waals surface area contributed by atoms with E-state index in [-0.39, 0.29) is 51.6 Å². The summed E-state index contributed by atoms with van der Waals surface area (Å²) in [7, 11) is 0.113. The van der Waals surface area contributed by atoms with Crippen LogP contribution in [0.4, 0.5) is 5.88 Å². The van der Waals surface area contributed by atoms with Crippen LogP contribution < -0.4 is 18.9 Å². The van der Waals surface area contributed by atoms with E-state index in [1.807, 2.05) is 0 Å². The highest BCUT2D eigenvalue weighted by atomic mass is 35.5. The Morgan fingerprint density at radius 3 is 2.50 bits per heavy atom. The fraction of sp³-hybridized carbons (Fsp3) is 0.333. The molecule has 0 radical (unpaired) electrons. The van der Waals surface area contributed by atoms with E-state index in [4.69, 9.17) is 30.3 Å². The average Bonchev–Trinajstić information content (AvgIpc) is 3.43. The van der Waals surface area contributed by atoms with Gasteiger partial charge in [-0.3, -0.25) is 4.79 Å². The van der Waals surface area contributed by atoms with E-state index < -0.39 is 15.8 Å². The molecule has 0 aliphatic heterocycles. The zero-order valence-electron chi connectivity index (χ0n) is 18.8. The summed E-state index contributed by atoms with van der Waals surface area (Å²) in [6.45, 7) is 1.38. The summed E-state index contributed by atoms with van der Waals surface area (Å²) in [5.74, 6) is 0.212. The summed E-state index contributed by atoms with van der Waals surface area (Å²) in [4.78, 5) is 13.1. The molecule has 0 spiro atoms. The number of aryl methyl sites for hydroxylation is 1. The minimum Gasteiger partial charge on any atom is -0.493 e. The maximum Gasteiger partial charge on any atom is 0.265 e. The summed E-state index contributed by atoms with van der Waals surface area (Å²) in [6, 6.07) is 2.97. The topological polar surface area (TPSA) is 137 Å². The Hall–Kier alpha value is -2.80. The molecule has 184 valence electrons. The van der Waals surface area contributed by atoms with Gasteiger partial charge in [0.05, 0.1) is 26.2 Å². The lowest BCUT2D eigenvalue weighted by Gasteiger charge is -2.19. The Labute approximate surface area is 205 Å². The second-order valence-electron chi connectivity index (χ2n) is 6.99. The monoisotopic (exact) mass is 530 g/mol. The Morgan fingerprint density at radius 1 is 1.24 bits per heavy atom. The first-order chi connectivity index (χ1) is 16.2. The highest BCUT2D eigenvalue weighted by molar-refractivity contribution is 7.93. The van der Waals surface area contributed by atoms with Crippen molar-refractivity contribution in [2.75, 3.05) is 32.7 Å². The zero-order valence-corrected chi connectivity index (χ0v) is 21.2. The molecule has 0 saturated carbocycles. The van der Waals surface area contributed by atoms with E-state index in [0.717, 1.165) is 11.3 Å². The average molecular weight is 531 g/mol. The van der Waals surface area contributed by atoms with Crippen LogP contribution in [0.25, 0.3) is 0 Å². The number of nitrogens with one attached hydrogen (secondary N) is 1. The second-order valence-corrected chi connectivity index (χ2v) is 9.93. The number of thiophene rings is 1. The van der Waals surface area contributed by atoms with Crippen molar-refractivity contribution in [3.05, 3.63) is 44.2 Å². The number of sulfonamides is 1. The molecule has 0 amide bonds. The van der Waals surface area contributed by atoms with Crippen LogP contribution in [0.5, 0.6) is 17.2 Å². The van der Waals surface area contributed by atoms with Gasteiger partial charge in [-0.25, -0.2) is 13.1 Å². The van der Waals surface area contributed by atoms with Crippen LogP contribution in [0.3, 0.4) is 0 Å². The molecule has 0 fully saturated rings. The highest BCUT2D eigenvalue weighted by Gasteiger charge is 2.29. The van der Waals surface area contributed by atoms with Crippen LogP contribution in [0.15, 0.2) is 26.9 Å². The van der Waals surface area contributed by atoms with Crippen LogP contribution in [0.1, 0.15) is 26.5 Å². The van der Waals surface area contributed by atoms with E-state index in [9.17, 15) is 18.3 Å². The van der Waals surface area contributed by atoms with Crippen LogP contribution in [0, 0.1) is 6.92 Å². The first-order valence-corrected chi connectivity index (χ1v) is 12.6. The van der Waals surface area contributed by atoms with Crippen LogP contribution in [0.2, 0.25) is 5.02 Å². The molecule has 0 saturated heterocycles. The number of nitrogens with zero attached hydrogens (tertiary/aromatic N) is 1. The maximum atomic E-state index is 13.3. The van der Waals surface area contributed by atoms with Gasteiger partial charge in [0, 0.05) is 18.6 Å². The molecule has 2 heterocycles. The molecule has 0 atom stereocenters. The SMILES string of the molecule is COc1cc(CCO)c(CC(=O)c2sccc2S(=O)(=O)Nc2onc(C)c2Cl)c(OC)c1OC. The van der Waals surface area contributed by atoms with E-state index >= 15 is 0 Å². The van der Waals surface area contributed by atoms with Crippen molar-refractivity contribution >= 4 is 44.6 Å². The molecule has 0 bridgehead atoms. The lowest BCUT2D eigenvalue weighted by Crippen LogP contribution is -2.16. The van der Waals surface area contributed by atoms with Gasteiger partial charge in [-0.15, -0.1) is 11.3 Å². The number of hydrogen-bond acceptors (Lipinski definition) is 10. The molecular formula is C21H23ClN2O8S2. The smallest absolute Gasteiger partial charge is 0.265 e. The Bertz CT molecular complexity index is 1300. The molecule has 34 heavy (non-hydrogen) atoms. The molecule has 3 rings (SSSR count). The summed E-state index contributed by atoms with van der Waals surface area (Å²) in [5, 5.41) is 14.7. The van der Waals surface area contributed by atoms with Gasteiger partial charge in [0.2, 0.25) is 5.75 Å². The first kappa shape index (κ1) is 25.8. The highest BCUT2D eigenvalue weighted by Crippen LogP contribution is 2.43. The number of aromatic nitrogens is 1. The lowest BCUT2D eigenvalue weighted by atomic mass is 9.97. The van der Waals surface area contributed by atoms with Crippen molar-refractivity contribution in [1.29, 1.82) is 0 Å². The van der Waals surface area contributed by atoms with Crippen LogP contribution in [-0.4, -0.2) is 52.4 Å². The number of halogens is 1. The lowest BCUT2D eigenvalue weighted by molar-refractivity contribution is 0.0992. The molecule has 0 aliphatic rings. The number of hydrogen-bond donors (Lipinski definition) is 2. The number of rotatable bonds is 11. The van der Waals surface area contributed by atoms with E-state index in [1.165, 1.54) is 32.8 Å². The minimum atomic E-state index is -4.20. The fourth-order valence-electron chi connectivity index (χ4n) is 3.36. The molecule has 2 N–H and O–H groups in total. The number of Topliss-reactive ketones (excluding diaryl/α,β-unsaturated/α-hetero) is 1. The standard InChI is InChI=1S/C21H23ClN2O8S2/c1-11-17(22)21(32-23-11)24-34(27,28)16-6-8-33-20(16)14(26)10-13-12(5-7-25)9-15(29-2)19(31-4)18(13)30-3/h6,8-9,24-25H,5,7,10H2,1-4H3. The van der Waals surface area contributed by atoms with Crippen molar-refractivity contribution < 1.29 is 37.1 Å². The third-order valence-electron chi connectivity index (χ3n) is 4.93. The predicted molar refractivity (Wildman–Crippen MR) is 126 cm³/mol. The molecule has 10 nitrogen and oxygen atoms in total. The van der Waals surface area contributed by atoms with Crippen LogP contribution in [-0.2, 0) is 22.9 Å². The zero-order chi connectivity index (χ0) is 25.0. The Balaban J connectivity index is 2.01. The van der Waals surface area contributed by atoms with Gasteiger partial charge in [0.1, 0.15) is 15.6 Å². The molecule has 13 heteroatoms. The van der Waals surface area contributed by atoms with Gasteiger partial charge in [0.15, 0.2) is 17.3 Å². The Morgan fingerprint density at radius 2 is 1.94 bits per heavy atom. The van der Waals surface area contributed by atoms with Crippen molar-refractivity contribution in [3.8, 4) is 17.2 Å². The van der Waals surface area contributed by atoms with Crippen molar-refractivity contribution in [3.63, 3.8) is 0 Å². The summed E-state index contributed by atoms with van der Waals surface area (Å²) in [6.07, 6.45) is 0.0177. The molecule has 0 unspecified atom stereocenters. The summed E-state index contributed by atoms with van der Waals surface area (Å²) >= 11 is 7.00. The number of methoxy groups -OCH3 is 3. The third kappa shape index (κ3) is 4.99. The number of anilines is 1. The number of aliphatic hydroxyl groups is 1. The summed E-state index contributed by atoms with van der Waals surface area (Å²) in [5.41, 5.74) is 1.38. The number of benzene rings is 1. The van der Waals surface area contributed by atoms with Gasteiger partial charge in [0.25, 0.3) is 15.9 Å². The number of aliphatic hydroxyl groups excluding tert-OH is 1. The first-order valence-electron chi connectivity index (χ1n) is 9.85. The number of ketones is 1. The predicted octanol–water partition coefficient (Wildman–Crippen LogP) is 3.48. The van der Waals surface area contributed by atoms with Gasteiger partial charge >= 0.3 is 0 Å². The van der Waals surface area contributed by atoms with Crippen molar-refractivity contribution in [2.45, 2.75) is 24.7 Å². The van der Waals surface area contributed by atoms with E-state index in [0.29, 0.717) is 22.6 Å². The molecule has 3 aromatic rings. The van der Waals surface area contributed by atoms with E-state index in [1.54, 1.807) is 13.0 Å². The van der Waals surface area contributed by atoms with Crippen molar-refractivity contribution in [1.82, 2.24) is 5.16 Å². The largest absolute Gasteiger partial charge is 0.493 e. The van der Waals surface area contributed by atoms with Gasteiger partial charge in [-0.1, -0.05) is 16.8 Å². The molecule has 0 aliphatic carbocycles. The molecule has 1 aromatic carbocycles. The third-order valence-corrected chi connectivity index (χ3v) is 7.84. The minimum absolute atomic E-state index is 0.00615. The van der Waals surface area contributed by atoms with Crippen molar-refractivity contribution in [2.24, 2.45) is 0 Å². The fourth-order valence-corrected chi connectivity index (χ4v) is 5.91. The second kappa shape index (κ2) is 10.6. The number of ether oxygens (including phenoxy) is 3. The van der Waals surface area contributed by atoms with Gasteiger partial charge in [-0.05, 0) is 36.4 Å². The molecular weight excluding hydrogens is 508 g/mol. The van der Waals surface area contributed by atoms with E-state index in [2.05, 4.69) is 9.88 Å². The Kier molecular flexibility index (Phi) is 8.08. The molecule has 2 aromatic heterocycles.